The SMILES string of the molecule is CC[C@H]1OC(=O)[C@H](C)[C@@H](O[C@H]2C[C@@](C)(OC)[C@@H](O)[C@H](C)O2)[C@H](C)[C@@H](O[C@@H]2O[C@H](C)C[C@H](N(C)C)[C@H]2OC(=O)[C@H](CSC(C)(C)C)NC(C)=O)[C@](C)(O)C[C@@H](C)CN(C)[C@H](C)[C@@H](O)[C@]1(C)O.CC[C@H]1OC(=O)[C@H](C)[C@@H](O[C@H]2C[C@@](C)(OC)[C@@H](O)[C@H](C)O2)[C@H](C)[C@@H](O[C@@H]2O[C@H](C)C[C@H](N(C)C)[C@H]2OC(=O)[C@H](CSSc2ccccc2[N+](=O)[O-])NC(C)=O)[C@](C)(O)C[C@@H](C)CN(C)[C@H](C)[C@@H](O)[C@]1(C)O. The molecule has 0 aromatic heterocycles. The zero-order chi connectivity index (χ0) is 103. The molecule has 6 aliphatic heterocycles. The first kappa shape index (κ1) is 120. The predicted molar refractivity (Wildman–Crippen MR) is 515 cm³/mol. The van der Waals surface area contributed by atoms with Crippen molar-refractivity contribution in [1.29, 1.82) is 0 Å². The van der Waals surface area contributed by atoms with Gasteiger partial charge in [-0.3, -0.25) is 29.3 Å². The number of hydrogen-bond acceptors (Lipinski definition) is 37. The summed E-state index contributed by atoms with van der Waals surface area (Å²) in [5.41, 5.74) is -9.48. The molecule has 10 N–H and O–H groups in total. The molecule has 37 nitrogen and oxygen atoms in total. The van der Waals surface area contributed by atoms with Crippen molar-refractivity contribution < 1.29 is 141 Å². The van der Waals surface area contributed by atoms with Crippen molar-refractivity contribution in [2.24, 2.45) is 35.5 Å². The Bertz CT molecular complexity index is 3970. The molecule has 786 valence electrons. The second-order valence-corrected chi connectivity index (χ2v) is 46.4. The number of nitro benzene ring substituents is 1. The molecule has 1 aromatic rings. The maximum Gasteiger partial charge on any atom is 0.330 e. The number of amides is 2. The third-order valence-corrected chi connectivity index (χ3v) is 32.1. The van der Waals surface area contributed by atoms with E-state index in [1.807, 2.05) is 103 Å². The first-order valence-electron chi connectivity index (χ1n) is 48.0. The topological polar surface area (TPSA) is 474 Å². The number of benzene rings is 1. The number of esters is 4. The molecule has 0 radical (unpaired) electrons. The van der Waals surface area contributed by atoms with Gasteiger partial charge >= 0.3 is 23.9 Å². The average Bonchev–Trinajstić information content (AvgIpc) is 0.929. The molecule has 6 saturated heterocycles. The summed E-state index contributed by atoms with van der Waals surface area (Å²) >= 11 is 1.51. The summed E-state index contributed by atoms with van der Waals surface area (Å²) < 4.78 is 89.7. The van der Waals surface area contributed by atoms with Gasteiger partial charge in [0.05, 0.1) is 105 Å². The fourth-order valence-electron chi connectivity index (χ4n) is 20.1. The van der Waals surface area contributed by atoms with Crippen LogP contribution < -0.4 is 10.6 Å². The van der Waals surface area contributed by atoms with Crippen molar-refractivity contribution in [2.45, 2.75) is 427 Å². The number of cyclic esters (lactones) is 2. The number of para-hydroxylation sites is 1. The van der Waals surface area contributed by atoms with Crippen LogP contribution >= 0.6 is 33.3 Å². The number of nitrogens with zero attached hydrogens (tertiary/aromatic N) is 5. The Kier molecular flexibility index (Phi) is 45.0. The van der Waals surface area contributed by atoms with Crippen LogP contribution in [0, 0.1) is 45.6 Å². The van der Waals surface area contributed by atoms with Gasteiger partial charge in [-0.05, 0) is 196 Å². The number of ether oxygens (including phenoxy) is 14. The fraction of sp³-hybridized carbons (Fsp3) is 0.875. The number of aliphatic hydroxyl groups is 8. The first-order chi connectivity index (χ1) is 62.8. The van der Waals surface area contributed by atoms with E-state index < -0.39 is 245 Å². The lowest BCUT2D eigenvalue weighted by atomic mass is 9.77. The molecule has 136 heavy (non-hydrogen) atoms. The van der Waals surface area contributed by atoms with E-state index in [1.165, 1.54) is 59.7 Å². The number of carbonyl (C=O) groups excluding carboxylic acids is 6. The van der Waals surface area contributed by atoms with Crippen LogP contribution in [0.1, 0.15) is 224 Å². The van der Waals surface area contributed by atoms with E-state index >= 15 is 0 Å². The van der Waals surface area contributed by atoms with Crippen molar-refractivity contribution in [3.63, 3.8) is 0 Å². The van der Waals surface area contributed by atoms with Crippen molar-refractivity contribution in [2.75, 3.05) is 81.1 Å². The van der Waals surface area contributed by atoms with Crippen molar-refractivity contribution in [3.8, 4) is 0 Å². The molecule has 0 bridgehead atoms. The summed E-state index contributed by atoms with van der Waals surface area (Å²) in [4.78, 5) is 102. The zero-order valence-corrected chi connectivity index (χ0v) is 89.2. The lowest BCUT2D eigenvalue weighted by Gasteiger charge is -2.49. The molecular weight excluding hydrogens is 1830 g/mol. The Balaban J connectivity index is 0.000000419. The normalized spacial score (nSPS) is 41.1. The van der Waals surface area contributed by atoms with E-state index in [9.17, 15) is 79.7 Å². The van der Waals surface area contributed by atoms with E-state index in [4.69, 9.17) is 66.3 Å². The van der Waals surface area contributed by atoms with Gasteiger partial charge in [-0.1, -0.05) is 96.0 Å². The molecule has 38 atom stereocenters. The van der Waals surface area contributed by atoms with Crippen molar-refractivity contribution in [3.05, 3.63) is 34.4 Å². The molecule has 7 rings (SSSR count). The Hall–Kier alpha value is -4.39. The van der Waals surface area contributed by atoms with Gasteiger partial charge in [-0.2, -0.15) is 11.8 Å². The first-order valence-corrected chi connectivity index (χ1v) is 51.3. The quantitative estimate of drug-likeness (QED) is 0.0132. The minimum absolute atomic E-state index is 0.0318. The maximum absolute atomic E-state index is 14.6. The molecular formula is C96H169N7O30S3. The molecule has 0 unspecified atom stereocenters. The van der Waals surface area contributed by atoms with Crippen LogP contribution in [-0.2, 0) is 95.1 Å². The van der Waals surface area contributed by atoms with Crippen molar-refractivity contribution >= 4 is 74.7 Å². The molecule has 6 aliphatic rings. The second kappa shape index (κ2) is 50.9. The van der Waals surface area contributed by atoms with Crippen molar-refractivity contribution in [1.82, 2.24) is 30.2 Å². The predicted octanol–water partition coefficient (Wildman–Crippen LogP) is 7.79. The third-order valence-electron chi connectivity index (χ3n) is 28.3. The summed E-state index contributed by atoms with van der Waals surface area (Å²) in [6.07, 6.45) is -19.4. The molecule has 6 fully saturated rings. The van der Waals surface area contributed by atoms with E-state index in [2.05, 4.69) is 10.6 Å². The van der Waals surface area contributed by atoms with Gasteiger partial charge in [0.25, 0.3) is 5.69 Å². The molecule has 2 amide bonds. The number of aliphatic hydroxyl groups excluding tert-OH is 4. The Morgan fingerprint density at radius 1 is 0.559 bits per heavy atom. The number of nitro groups is 1. The van der Waals surface area contributed by atoms with Gasteiger partial charge < -0.3 is 137 Å². The maximum atomic E-state index is 14.6. The number of nitrogens with one attached hydrogen (secondary N) is 2. The molecule has 0 spiro atoms. The van der Waals surface area contributed by atoms with Gasteiger partial charge in [0, 0.05) is 100 Å². The highest BCUT2D eigenvalue weighted by molar-refractivity contribution is 8.76. The fourth-order valence-corrected chi connectivity index (χ4v) is 23.3. The van der Waals surface area contributed by atoms with Crippen LogP contribution in [0.2, 0.25) is 0 Å². The van der Waals surface area contributed by atoms with Crippen LogP contribution in [0.3, 0.4) is 0 Å². The van der Waals surface area contributed by atoms with E-state index in [1.54, 1.807) is 122 Å². The van der Waals surface area contributed by atoms with Gasteiger partial charge in [0.2, 0.25) is 11.8 Å². The number of carbonyl (C=O) groups is 6. The highest BCUT2D eigenvalue weighted by Gasteiger charge is 2.58. The standard InChI is InChI=1S/C49H82N4O16S2.C47H87N3O14S/c1-16-37-49(11,60)41(55)30(6)52(14)24-26(2)22-47(9,59)43(28(4)39(29(5)44(57)66-37)67-38-23-48(10,63-15)42(56)31(7)65-38)69-46-40(35(51(12)13)21-27(3)64-46)68-45(58)33(50-32(8)54)25-70-71-36-20-18-17-19-34(36)53(61)62;1-19-34-47(14,57)38(52)29(6)50(17)23-25(2)21-45(12,56)40(27(4)36(28(5)41(54)61-34)62-35-22-46(13,58-18)39(53)30(7)60-35)64-43-37(33(49(15)16)20-26(3)59-43)63-42(55)32(48-31(8)51)24-65-44(9,10)11/h17-20,26-31,33,35,37-43,46,55-56,59-60H,16,21-25H2,1-15H3,(H,50,54);25-30,32-40,43,52-53,56-57H,19-24H2,1-18H3,(H,48,51)/t26-,27-,28+,29-,30-,31+,33+,35+,37-,38+,39+,40-,41-,42+,43-,46+,47-,48-,49-;25-,26-,27+,28-,29-,30+,32+,33+,34-,35+,36+,37-,38-,39+,40-,43+,45-,46-,47-/m11/s1. The lowest BCUT2D eigenvalue weighted by molar-refractivity contribution is -0.387. The minimum Gasteiger partial charge on any atom is -0.459 e. The summed E-state index contributed by atoms with van der Waals surface area (Å²) in [5.74, 6) is -8.20. The minimum atomic E-state index is -1.89. The largest absolute Gasteiger partial charge is 0.459 e. The number of methoxy groups -OCH3 is 2. The van der Waals surface area contributed by atoms with E-state index in [-0.39, 0.29) is 84.3 Å². The van der Waals surface area contributed by atoms with Gasteiger partial charge in [-0.25, -0.2) is 9.59 Å². The highest BCUT2D eigenvalue weighted by atomic mass is 33.1. The molecule has 6 heterocycles. The number of thioether (sulfide) groups is 1. The number of hydrogen-bond donors (Lipinski definition) is 10. The molecule has 0 aliphatic carbocycles. The van der Waals surface area contributed by atoms with Gasteiger partial charge in [-0.15, -0.1) is 0 Å². The molecule has 40 heteroatoms. The van der Waals surface area contributed by atoms with Crippen LogP contribution in [0.5, 0.6) is 0 Å². The highest BCUT2D eigenvalue weighted by Crippen LogP contribution is 2.46. The van der Waals surface area contributed by atoms with Gasteiger partial charge in [0.15, 0.2) is 37.4 Å². The summed E-state index contributed by atoms with van der Waals surface area (Å²) in [7, 11) is 16.2. The van der Waals surface area contributed by atoms with Crippen LogP contribution in [0.25, 0.3) is 0 Å². The Labute approximate surface area is 819 Å². The number of likely N-dealkylation sites (N-methyl/N-ethyl adjacent to an activating group) is 4. The van der Waals surface area contributed by atoms with Crippen LogP contribution in [0.4, 0.5) is 5.69 Å². The summed E-state index contributed by atoms with van der Waals surface area (Å²) in [6.45, 7) is 43.9. The lowest BCUT2D eigenvalue weighted by Crippen LogP contribution is -2.61. The average molecular weight is 2000 g/mol. The third kappa shape index (κ3) is 31.6. The Morgan fingerprint density at radius 3 is 1.25 bits per heavy atom. The smallest absolute Gasteiger partial charge is 0.330 e. The zero-order valence-electron chi connectivity index (χ0n) is 86.8. The van der Waals surface area contributed by atoms with Crippen LogP contribution in [0.15, 0.2) is 29.2 Å². The number of rotatable bonds is 27. The summed E-state index contributed by atoms with van der Waals surface area (Å²) in [6, 6.07) is 1.84. The molecule has 0 saturated carbocycles. The van der Waals surface area contributed by atoms with Gasteiger partial charge in [0.1, 0.15) is 59.9 Å². The molecule has 1 aromatic carbocycles. The second-order valence-electron chi connectivity index (χ2n) is 42.2. The Morgan fingerprint density at radius 2 is 0.919 bits per heavy atom. The monoisotopic (exact) mass is 2000 g/mol. The summed E-state index contributed by atoms with van der Waals surface area (Å²) in [5, 5.41) is 112. The van der Waals surface area contributed by atoms with E-state index in [0.717, 1.165) is 21.6 Å². The van der Waals surface area contributed by atoms with E-state index in [0.29, 0.717) is 30.8 Å². The van der Waals surface area contributed by atoms with Crippen LogP contribution in [-0.4, -0.2) is 380 Å².